The lowest BCUT2D eigenvalue weighted by Crippen LogP contribution is -2.28. The van der Waals surface area contributed by atoms with Crippen molar-refractivity contribution in [1.82, 2.24) is 0 Å². The molecular formula is C54H57O6P3S3. The van der Waals surface area contributed by atoms with E-state index >= 15 is 0 Å². The highest BCUT2D eigenvalue weighted by Crippen LogP contribution is 2.70. The van der Waals surface area contributed by atoms with Gasteiger partial charge in [0.05, 0.1) is 39.6 Å². The first-order valence-electron chi connectivity index (χ1n) is 23.7. The zero-order valence-corrected chi connectivity index (χ0v) is 44.4. The Bertz CT molecular complexity index is 2790. The molecule has 0 bridgehead atoms. The van der Waals surface area contributed by atoms with E-state index in [1.807, 2.05) is 41.5 Å². The predicted molar refractivity (Wildman–Crippen MR) is 293 cm³/mol. The number of ether oxygens (including phenoxy) is 6. The van der Waals surface area contributed by atoms with E-state index in [-0.39, 0.29) is 0 Å². The summed E-state index contributed by atoms with van der Waals surface area (Å²) in [6, 6.07) is 17.5. The van der Waals surface area contributed by atoms with Gasteiger partial charge in [-0.2, -0.15) is 0 Å². The molecule has 0 fully saturated rings. The minimum absolute atomic E-state index is 0.399. The topological polar surface area (TPSA) is 55.4 Å². The maximum Gasteiger partial charge on any atom is 0.171 e. The molecule has 6 nitrogen and oxygen atoms in total. The zero-order chi connectivity index (χ0) is 46.4. The van der Waals surface area contributed by atoms with E-state index in [4.69, 9.17) is 63.8 Å². The van der Waals surface area contributed by atoms with Crippen molar-refractivity contribution in [2.24, 2.45) is 0 Å². The second-order valence-corrected chi connectivity index (χ2v) is 29.6. The summed E-state index contributed by atoms with van der Waals surface area (Å²) in [4.78, 5) is 0. The van der Waals surface area contributed by atoms with Crippen LogP contribution in [0.2, 0.25) is 0 Å². The molecule has 66 heavy (non-hydrogen) atoms. The Morgan fingerprint density at radius 3 is 0.591 bits per heavy atom. The number of rotatable bonds is 18. The molecule has 3 aliphatic rings. The van der Waals surface area contributed by atoms with Crippen LogP contribution in [0.1, 0.15) is 79.0 Å². The van der Waals surface area contributed by atoms with Gasteiger partial charge in [0.1, 0.15) is 0 Å². The molecule has 0 amide bonds. The molecule has 7 aromatic rings. The summed E-state index contributed by atoms with van der Waals surface area (Å²) >= 11 is 22.6. The standard InChI is InChI=1S/C54H57O6P3S3/c1-10-31-19-25-34(26-20-31)61(64)49-37-38-40-42-41-39(37)51(45(57-15-6)43(49)55-13-4)62(65,35-27-21-32(11-2)22-28-35)53(41)47(59-17-8)48(60-18-9)54(42)63(66,36-29-23-33(12-3)24-30-36)52(40)46(58-16-7)44(50(38)61)56-14-5/h19-30H,10-18H2,1-9H3. The van der Waals surface area contributed by atoms with Crippen LogP contribution in [0.15, 0.2) is 72.8 Å². The molecular weight excluding hydrogens is 934 g/mol. The summed E-state index contributed by atoms with van der Waals surface area (Å²) in [5, 5.41) is 15.5. The van der Waals surface area contributed by atoms with E-state index in [1.54, 1.807) is 0 Å². The molecule has 342 valence electrons. The van der Waals surface area contributed by atoms with Gasteiger partial charge in [0.15, 0.2) is 34.5 Å². The highest BCUT2D eigenvalue weighted by atomic mass is 32.4. The van der Waals surface area contributed by atoms with Crippen molar-refractivity contribution in [2.75, 3.05) is 39.6 Å². The third kappa shape index (κ3) is 5.93. The van der Waals surface area contributed by atoms with Gasteiger partial charge in [-0.3, -0.25) is 0 Å². The van der Waals surface area contributed by atoms with Gasteiger partial charge in [-0.25, -0.2) is 0 Å². The van der Waals surface area contributed by atoms with Crippen molar-refractivity contribution in [1.29, 1.82) is 0 Å². The fraction of sp³-hybridized carbons (Fsp3) is 0.333. The van der Waals surface area contributed by atoms with Crippen LogP contribution in [-0.4, -0.2) is 39.6 Å². The van der Waals surface area contributed by atoms with Crippen molar-refractivity contribution >= 4 is 134 Å². The molecule has 10 rings (SSSR count). The van der Waals surface area contributed by atoms with Gasteiger partial charge in [0.25, 0.3) is 0 Å². The van der Waals surface area contributed by atoms with Gasteiger partial charge in [-0.15, -0.1) is 0 Å². The average Bonchev–Trinajstić information content (AvgIpc) is 3.89. The molecule has 0 aliphatic carbocycles. The van der Waals surface area contributed by atoms with Crippen LogP contribution in [-0.2, 0) is 54.7 Å². The summed E-state index contributed by atoms with van der Waals surface area (Å²) in [7, 11) is 0. The van der Waals surface area contributed by atoms with E-state index in [0.29, 0.717) is 74.1 Å². The zero-order valence-electron chi connectivity index (χ0n) is 39.3. The third-order valence-corrected chi connectivity index (χ3v) is 28.2. The Hall–Kier alpha value is -3.93. The molecule has 0 saturated heterocycles. The van der Waals surface area contributed by atoms with E-state index in [0.717, 1.165) is 99.3 Å². The summed E-state index contributed by atoms with van der Waals surface area (Å²) in [6.07, 6.45) is 2.73. The minimum atomic E-state index is -3.08. The van der Waals surface area contributed by atoms with Crippen molar-refractivity contribution < 1.29 is 28.4 Å². The first-order chi connectivity index (χ1) is 32.0. The Labute approximate surface area is 404 Å². The second-order valence-electron chi connectivity index (χ2n) is 16.8. The van der Waals surface area contributed by atoms with Crippen molar-refractivity contribution in [3.8, 4) is 34.5 Å². The minimum Gasteiger partial charge on any atom is -0.489 e. The first kappa shape index (κ1) is 45.8. The van der Waals surface area contributed by atoms with Crippen LogP contribution >= 0.6 is 18.1 Å². The Kier molecular flexibility index (Phi) is 12.0. The molecule has 0 aromatic heterocycles. The van der Waals surface area contributed by atoms with Crippen molar-refractivity contribution in [2.45, 2.75) is 81.6 Å². The lowest BCUT2D eigenvalue weighted by atomic mass is 9.93. The molecule has 0 unspecified atom stereocenters. The first-order valence-corrected chi connectivity index (χ1v) is 32.1. The smallest absolute Gasteiger partial charge is 0.171 e. The number of hydrogen-bond donors (Lipinski definition) is 0. The largest absolute Gasteiger partial charge is 0.489 e. The molecule has 3 heterocycles. The highest BCUT2D eigenvalue weighted by molar-refractivity contribution is 8.28. The molecule has 7 aromatic carbocycles. The molecule has 0 radical (unpaired) electrons. The molecule has 3 aliphatic heterocycles. The fourth-order valence-electron chi connectivity index (χ4n) is 10.9. The summed E-state index contributed by atoms with van der Waals surface area (Å²) in [6.45, 7) is 21.2. The lowest BCUT2D eigenvalue weighted by molar-refractivity contribution is 0.292. The lowest BCUT2D eigenvalue weighted by Gasteiger charge is -2.29. The van der Waals surface area contributed by atoms with Gasteiger partial charge in [0.2, 0.25) is 0 Å². The Morgan fingerprint density at radius 1 is 0.288 bits per heavy atom. The maximum atomic E-state index is 7.54. The summed E-state index contributed by atoms with van der Waals surface area (Å²) in [5.74, 6) is 4.04. The number of hydrogen-bond acceptors (Lipinski definition) is 9. The average molecular weight is 991 g/mol. The van der Waals surface area contributed by atoms with Crippen LogP contribution in [0.25, 0.3) is 32.3 Å². The number of benzene rings is 7. The molecule has 12 heteroatoms. The maximum absolute atomic E-state index is 7.54. The monoisotopic (exact) mass is 990 g/mol. The van der Waals surface area contributed by atoms with E-state index in [9.17, 15) is 0 Å². The highest BCUT2D eigenvalue weighted by Gasteiger charge is 2.55. The van der Waals surface area contributed by atoms with Crippen molar-refractivity contribution in [3.63, 3.8) is 0 Å². The summed E-state index contributed by atoms with van der Waals surface area (Å²) in [5.41, 5.74) is 3.72. The van der Waals surface area contributed by atoms with E-state index in [2.05, 4.69) is 93.6 Å². The van der Waals surface area contributed by atoms with Crippen LogP contribution in [0.5, 0.6) is 34.5 Å². The Morgan fingerprint density at radius 2 is 0.455 bits per heavy atom. The normalized spacial score (nSPS) is 19.6. The third-order valence-electron chi connectivity index (χ3n) is 13.6. The number of aryl methyl sites for hydroxylation is 3. The van der Waals surface area contributed by atoms with Gasteiger partial charge in [0, 0.05) is 82.3 Å². The van der Waals surface area contributed by atoms with Gasteiger partial charge in [-0.05, 0) is 93.4 Å². The van der Waals surface area contributed by atoms with Crippen LogP contribution in [0.3, 0.4) is 0 Å². The Balaban J connectivity index is 1.59. The van der Waals surface area contributed by atoms with E-state index in [1.165, 1.54) is 16.7 Å². The molecule has 0 N–H and O–H groups in total. The van der Waals surface area contributed by atoms with E-state index < -0.39 is 18.1 Å². The van der Waals surface area contributed by atoms with Gasteiger partial charge >= 0.3 is 0 Å². The molecule has 0 spiro atoms. The van der Waals surface area contributed by atoms with Crippen LogP contribution in [0, 0.1) is 0 Å². The van der Waals surface area contributed by atoms with Crippen LogP contribution < -0.4 is 76.2 Å². The van der Waals surface area contributed by atoms with Crippen LogP contribution in [0.4, 0.5) is 0 Å². The van der Waals surface area contributed by atoms with Crippen molar-refractivity contribution in [3.05, 3.63) is 89.5 Å². The predicted octanol–water partition coefficient (Wildman–Crippen LogP) is 9.43. The second kappa shape index (κ2) is 17.2. The molecule has 0 atom stereocenters. The molecule has 0 saturated carbocycles. The van der Waals surface area contributed by atoms with Gasteiger partial charge in [-0.1, -0.05) is 129 Å². The fourth-order valence-corrected chi connectivity index (χ4v) is 25.0. The van der Waals surface area contributed by atoms with Gasteiger partial charge < -0.3 is 28.4 Å². The summed E-state index contributed by atoms with van der Waals surface area (Å²) < 4.78 is 42.5. The quantitative estimate of drug-likeness (QED) is 0.0619. The SMILES string of the molecule is CCOc1c(OCC)c2c3c4c1P(=S)(c1ccc(CC)cc1)c1c(OCC)c(OCC)c5c(c14)c1c(c(OCC)c(OCC)c(c31)P2(=S)c1ccc(CC)cc1)P5(=S)c1ccc(CC)cc1.